The van der Waals surface area contributed by atoms with E-state index < -0.39 is 0 Å². The molecule has 1 heteroatoms. The molecule has 0 spiro atoms. The molecule has 0 saturated carbocycles. The zero-order valence-electron chi connectivity index (χ0n) is 10.8. The molecule has 0 unspecified atom stereocenters. The lowest BCUT2D eigenvalue weighted by Gasteiger charge is -2.28. The highest BCUT2D eigenvalue weighted by Crippen LogP contribution is 2.13. The van der Waals surface area contributed by atoms with Crippen LogP contribution >= 0.6 is 0 Å². The van der Waals surface area contributed by atoms with Crippen molar-refractivity contribution < 1.29 is 0 Å². The van der Waals surface area contributed by atoms with Gasteiger partial charge >= 0.3 is 0 Å². The monoisotopic (exact) mass is 197 g/mol. The maximum Gasteiger partial charge on any atom is 0.0198 e. The Morgan fingerprint density at radius 3 is 2.07 bits per heavy atom. The molecule has 0 aliphatic rings. The van der Waals surface area contributed by atoms with E-state index in [0.29, 0.717) is 12.0 Å². The molecular weight excluding hydrogens is 170 g/mol. The van der Waals surface area contributed by atoms with E-state index in [4.69, 9.17) is 0 Å². The SMILES string of the molecule is C/C=C(\CN(CCC)C(C)C)C(C)C. The Bertz CT molecular complexity index is 168. The van der Waals surface area contributed by atoms with Gasteiger partial charge in [0, 0.05) is 12.6 Å². The zero-order valence-corrected chi connectivity index (χ0v) is 10.8. The van der Waals surface area contributed by atoms with Crippen LogP contribution in [0.15, 0.2) is 11.6 Å². The Morgan fingerprint density at radius 2 is 1.79 bits per heavy atom. The van der Waals surface area contributed by atoms with Gasteiger partial charge in [0.2, 0.25) is 0 Å². The van der Waals surface area contributed by atoms with Crippen molar-refractivity contribution in [3.8, 4) is 0 Å². The van der Waals surface area contributed by atoms with Crippen LogP contribution in [0.3, 0.4) is 0 Å². The quantitative estimate of drug-likeness (QED) is 0.587. The summed E-state index contributed by atoms with van der Waals surface area (Å²) in [7, 11) is 0. The fraction of sp³-hybridized carbons (Fsp3) is 0.846. The van der Waals surface area contributed by atoms with Crippen LogP contribution in [0.5, 0.6) is 0 Å². The van der Waals surface area contributed by atoms with E-state index in [0.717, 1.165) is 6.54 Å². The summed E-state index contributed by atoms with van der Waals surface area (Å²) in [5, 5.41) is 0. The molecule has 0 aromatic rings. The molecule has 84 valence electrons. The second-order valence-corrected chi connectivity index (χ2v) is 4.58. The number of rotatable bonds is 6. The van der Waals surface area contributed by atoms with Gasteiger partial charge in [0.05, 0.1) is 0 Å². The van der Waals surface area contributed by atoms with Crippen molar-refractivity contribution in [1.29, 1.82) is 0 Å². The normalized spacial score (nSPS) is 13.4. The van der Waals surface area contributed by atoms with Gasteiger partial charge in [-0.3, -0.25) is 4.90 Å². The van der Waals surface area contributed by atoms with E-state index in [2.05, 4.69) is 52.5 Å². The van der Waals surface area contributed by atoms with Crippen LogP contribution < -0.4 is 0 Å². The summed E-state index contributed by atoms with van der Waals surface area (Å²) in [5.74, 6) is 0.679. The first-order valence-electron chi connectivity index (χ1n) is 5.92. The molecule has 0 radical (unpaired) electrons. The standard InChI is InChI=1S/C13H27N/c1-7-9-14(12(5)6)10-13(8-2)11(3)4/h8,11-12H,7,9-10H2,1-6H3/b13-8+. The smallest absolute Gasteiger partial charge is 0.0198 e. The number of nitrogens with zero attached hydrogens (tertiary/aromatic N) is 1. The van der Waals surface area contributed by atoms with Gasteiger partial charge in [0.1, 0.15) is 0 Å². The van der Waals surface area contributed by atoms with Crippen molar-refractivity contribution in [2.24, 2.45) is 5.92 Å². The van der Waals surface area contributed by atoms with E-state index in [1.54, 1.807) is 5.57 Å². The Morgan fingerprint density at radius 1 is 1.21 bits per heavy atom. The molecule has 0 fully saturated rings. The molecule has 1 nitrogen and oxygen atoms in total. The van der Waals surface area contributed by atoms with Crippen LogP contribution in [-0.4, -0.2) is 24.0 Å². The first kappa shape index (κ1) is 13.7. The van der Waals surface area contributed by atoms with E-state index in [-0.39, 0.29) is 0 Å². The van der Waals surface area contributed by atoms with Crippen LogP contribution in [0.1, 0.15) is 48.0 Å². The Hall–Kier alpha value is -0.300. The summed E-state index contributed by atoms with van der Waals surface area (Å²) >= 11 is 0. The minimum atomic E-state index is 0.656. The van der Waals surface area contributed by atoms with Gasteiger partial charge < -0.3 is 0 Å². The van der Waals surface area contributed by atoms with Crippen LogP contribution in [0, 0.1) is 5.92 Å². The Labute approximate surface area is 90.2 Å². The fourth-order valence-corrected chi connectivity index (χ4v) is 1.65. The summed E-state index contributed by atoms with van der Waals surface area (Å²) < 4.78 is 0. The molecule has 14 heavy (non-hydrogen) atoms. The largest absolute Gasteiger partial charge is 0.297 e. The highest BCUT2D eigenvalue weighted by atomic mass is 15.1. The first-order valence-corrected chi connectivity index (χ1v) is 5.92. The second kappa shape index (κ2) is 7.05. The molecule has 0 aliphatic heterocycles. The molecular formula is C13H27N. The van der Waals surface area contributed by atoms with Gasteiger partial charge in [0.25, 0.3) is 0 Å². The van der Waals surface area contributed by atoms with E-state index >= 15 is 0 Å². The highest BCUT2D eigenvalue weighted by Gasteiger charge is 2.11. The maximum absolute atomic E-state index is 2.55. The molecule has 0 aromatic carbocycles. The van der Waals surface area contributed by atoms with Gasteiger partial charge in [-0.25, -0.2) is 0 Å². The molecule has 0 rings (SSSR count). The minimum absolute atomic E-state index is 0.656. The third-order valence-electron chi connectivity index (χ3n) is 2.74. The van der Waals surface area contributed by atoms with Crippen molar-refractivity contribution in [2.75, 3.05) is 13.1 Å². The maximum atomic E-state index is 2.55. The third kappa shape index (κ3) is 4.80. The topological polar surface area (TPSA) is 3.24 Å². The Kier molecular flexibility index (Phi) is 6.90. The van der Waals surface area contributed by atoms with Crippen molar-refractivity contribution >= 4 is 0 Å². The predicted molar refractivity (Wildman–Crippen MR) is 65.6 cm³/mol. The van der Waals surface area contributed by atoms with Crippen LogP contribution in [0.2, 0.25) is 0 Å². The molecule has 0 atom stereocenters. The van der Waals surface area contributed by atoms with Crippen LogP contribution in [0.4, 0.5) is 0 Å². The number of hydrogen-bond acceptors (Lipinski definition) is 1. The van der Waals surface area contributed by atoms with Gasteiger partial charge in [0.15, 0.2) is 0 Å². The number of hydrogen-bond donors (Lipinski definition) is 0. The molecule has 0 bridgehead atoms. The summed E-state index contributed by atoms with van der Waals surface area (Å²) in [6, 6.07) is 0.656. The molecule has 0 aliphatic carbocycles. The van der Waals surface area contributed by atoms with E-state index in [1.165, 1.54) is 13.0 Å². The summed E-state index contributed by atoms with van der Waals surface area (Å²) in [6.45, 7) is 15.9. The Balaban J connectivity index is 4.27. The van der Waals surface area contributed by atoms with Crippen molar-refractivity contribution in [2.45, 2.75) is 54.0 Å². The average molecular weight is 197 g/mol. The van der Waals surface area contributed by atoms with E-state index in [9.17, 15) is 0 Å². The molecule has 0 aromatic heterocycles. The lowest BCUT2D eigenvalue weighted by Crippen LogP contribution is -2.34. The average Bonchev–Trinajstić information content (AvgIpc) is 2.11. The van der Waals surface area contributed by atoms with Crippen molar-refractivity contribution in [3.63, 3.8) is 0 Å². The molecule has 0 heterocycles. The minimum Gasteiger partial charge on any atom is -0.297 e. The fourth-order valence-electron chi connectivity index (χ4n) is 1.65. The summed E-state index contributed by atoms with van der Waals surface area (Å²) in [6.07, 6.45) is 3.52. The van der Waals surface area contributed by atoms with E-state index in [1.807, 2.05) is 0 Å². The third-order valence-corrected chi connectivity index (χ3v) is 2.74. The van der Waals surface area contributed by atoms with Crippen LogP contribution in [0.25, 0.3) is 0 Å². The van der Waals surface area contributed by atoms with Crippen molar-refractivity contribution in [1.82, 2.24) is 4.90 Å². The predicted octanol–water partition coefficient (Wildman–Crippen LogP) is 3.71. The lowest BCUT2D eigenvalue weighted by atomic mass is 10.0. The molecule has 0 saturated heterocycles. The molecule has 0 N–H and O–H groups in total. The summed E-state index contributed by atoms with van der Waals surface area (Å²) in [4.78, 5) is 2.55. The second-order valence-electron chi connectivity index (χ2n) is 4.58. The lowest BCUT2D eigenvalue weighted by molar-refractivity contribution is 0.236. The summed E-state index contributed by atoms with van der Waals surface area (Å²) in [5.41, 5.74) is 1.56. The molecule has 0 amide bonds. The van der Waals surface area contributed by atoms with Gasteiger partial charge in [-0.05, 0) is 39.7 Å². The first-order chi connectivity index (χ1) is 6.52. The van der Waals surface area contributed by atoms with Gasteiger partial charge in [-0.2, -0.15) is 0 Å². The zero-order chi connectivity index (χ0) is 11.1. The highest BCUT2D eigenvalue weighted by molar-refractivity contribution is 5.06. The number of allylic oxidation sites excluding steroid dienone is 1. The van der Waals surface area contributed by atoms with Crippen LogP contribution in [-0.2, 0) is 0 Å². The van der Waals surface area contributed by atoms with Gasteiger partial charge in [-0.1, -0.05) is 32.4 Å². The van der Waals surface area contributed by atoms with Gasteiger partial charge in [-0.15, -0.1) is 0 Å². The van der Waals surface area contributed by atoms with Crippen molar-refractivity contribution in [3.05, 3.63) is 11.6 Å².